The molecule has 0 aliphatic rings. The maximum absolute atomic E-state index is 13.4. The number of phenolic OH excluding ortho intramolecular Hbond substituents is 1. The average Bonchev–Trinajstić information content (AvgIpc) is 2.69. The SMILES string of the molecule is CCCCc1c(C(=O)OC(=O)c2ccc(C(C)(C)C)cc2)cc(C(C)(C)C)c(O)c1C(C)(C)C. The van der Waals surface area contributed by atoms with Gasteiger partial charge in [-0.05, 0) is 58.4 Å². The van der Waals surface area contributed by atoms with E-state index in [0.29, 0.717) is 23.1 Å². The number of esters is 2. The highest BCUT2D eigenvalue weighted by Crippen LogP contribution is 2.43. The maximum atomic E-state index is 13.4. The Balaban J connectivity index is 2.57. The number of aromatic hydroxyl groups is 1. The number of hydrogen-bond acceptors (Lipinski definition) is 4. The van der Waals surface area contributed by atoms with Crippen molar-refractivity contribution in [2.45, 2.75) is 105 Å². The average molecular weight is 467 g/mol. The van der Waals surface area contributed by atoms with Crippen molar-refractivity contribution in [3.05, 3.63) is 63.7 Å². The van der Waals surface area contributed by atoms with E-state index < -0.39 is 22.8 Å². The zero-order valence-electron chi connectivity index (χ0n) is 22.7. The van der Waals surface area contributed by atoms with E-state index >= 15 is 0 Å². The monoisotopic (exact) mass is 466 g/mol. The van der Waals surface area contributed by atoms with Gasteiger partial charge in [0.15, 0.2) is 0 Å². The first-order valence-corrected chi connectivity index (χ1v) is 12.2. The van der Waals surface area contributed by atoms with Crippen LogP contribution in [0, 0.1) is 0 Å². The second-order valence-electron chi connectivity index (χ2n) is 12.3. The van der Waals surface area contributed by atoms with Gasteiger partial charge in [0, 0.05) is 11.1 Å². The maximum Gasteiger partial charge on any atom is 0.346 e. The number of carbonyl (C=O) groups excluding carboxylic acids is 2. The van der Waals surface area contributed by atoms with Crippen molar-refractivity contribution >= 4 is 11.9 Å². The van der Waals surface area contributed by atoms with Crippen molar-refractivity contribution in [1.29, 1.82) is 0 Å². The molecule has 0 radical (unpaired) electrons. The standard InChI is InChI=1S/C30H42O4/c1-11-12-13-21-22(18-23(29(5,6)7)25(31)24(21)30(8,9)10)27(33)34-26(32)19-14-16-20(17-15-19)28(2,3)4/h14-18,31H,11-13H2,1-10H3. The largest absolute Gasteiger partial charge is 0.507 e. The van der Waals surface area contributed by atoms with Crippen LogP contribution < -0.4 is 0 Å². The van der Waals surface area contributed by atoms with Crippen molar-refractivity contribution in [3.63, 3.8) is 0 Å². The molecule has 1 N–H and O–H groups in total. The first-order valence-electron chi connectivity index (χ1n) is 12.2. The van der Waals surface area contributed by atoms with E-state index in [1.807, 2.05) is 53.7 Å². The van der Waals surface area contributed by atoms with Gasteiger partial charge in [0.2, 0.25) is 0 Å². The topological polar surface area (TPSA) is 63.6 Å². The molecule has 0 saturated carbocycles. The summed E-state index contributed by atoms with van der Waals surface area (Å²) in [5, 5.41) is 11.3. The van der Waals surface area contributed by atoms with E-state index in [9.17, 15) is 14.7 Å². The van der Waals surface area contributed by atoms with Crippen LogP contribution in [0.3, 0.4) is 0 Å². The van der Waals surface area contributed by atoms with Crippen molar-refractivity contribution in [1.82, 2.24) is 0 Å². The van der Waals surface area contributed by atoms with Crippen LogP contribution in [0.25, 0.3) is 0 Å². The molecule has 0 aliphatic heterocycles. The summed E-state index contributed by atoms with van der Waals surface area (Å²) in [5.41, 5.74) is 3.16. The normalized spacial score (nSPS) is 12.5. The van der Waals surface area contributed by atoms with E-state index in [2.05, 4.69) is 27.7 Å². The lowest BCUT2D eigenvalue weighted by Gasteiger charge is -2.31. The molecule has 0 aromatic heterocycles. The first-order chi connectivity index (χ1) is 15.5. The molecule has 2 aromatic rings. The van der Waals surface area contributed by atoms with Gasteiger partial charge < -0.3 is 9.84 Å². The molecule has 2 aromatic carbocycles. The van der Waals surface area contributed by atoms with Crippen LogP contribution in [-0.2, 0) is 27.4 Å². The molecule has 4 heteroatoms. The molecule has 4 nitrogen and oxygen atoms in total. The summed E-state index contributed by atoms with van der Waals surface area (Å²) in [7, 11) is 0. The number of ether oxygens (including phenoxy) is 1. The third-order valence-electron chi connectivity index (χ3n) is 6.14. The van der Waals surface area contributed by atoms with Crippen molar-refractivity contribution in [2.75, 3.05) is 0 Å². The third-order valence-corrected chi connectivity index (χ3v) is 6.14. The molecule has 0 amide bonds. The Morgan fingerprint density at radius 3 is 1.82 bits per heavy atom. The fourth-order valence-corrected chi connectivity index (χ4v) is 4.19. The van der Waals surface area contributed by atoms with Crippen LogP contribution in [0.4, 0.5) is 0 Å². The van der Waals surface area contributed by atoms with Crippen LogP contribution in [0.1, 0.15) is 125 Å². The highest BCUT2D eigenvalue weighted by Gasteiger charge is 2.33. The van der Waals surface area contributed by atoms with Crippen molar-refractivity contribution in [2.24, 2.45) is 0 Å². The summed E-state index contributed by atoms with van der Waals surface area (Å²) in [6.07, 6.45) is 2.43. The molecule has 0 bridgehead atoms. The Morgan fingerprint density at radius 2 is 1.38 bits per heavy atom. The predicted molar refractivity (Wildman–Crippen MR) is 139 cm³/mol. The summed E-state index contributed by atoms with van der Waals surface area (Å²) in [5.74, 6) is -1.12. The molecule has 0 spiro atoms. The molecule has 0 saturated heterocycles. The minimum atomic E-state index is -0.674. The number of unbranched alkanes of at least 4 members (excludes halogenated alkanes) is 1. The van der Waals surface area contributed by atoms with Gasteiger partial charge >= 0.3 is 11.9 Å². The molecule has 0 atom stereocenters. The summed E-state index contributed by atoms with van der Waals surface area (Å²) in [6.45, 7) is 20.5. The van der Waals surface area contributed by atoms with Gasteiger partial charge in [-0.25, -0.2) is 9.59 Å². The summed E-state index contributed by atoms with van der Waals surface area (Å²) in [6, 6.07) is 8.90. The number of carbonyl (C=O) groups is 2. The Kier molecular flexibility index (Phi) is 8.07. The number of phenols is 1. The minimum absolute atomic E-state index is 0.0365. The zero-order chi connectivity index (χ0) is 26.1. The molecular formula is C30H42O4. The molecule has 186 valence electrons. The molecule has 0 fully saturated rings. The van der Waals surface area contributed by atoms with Crippen LogP contribution in [0.15, 0.2) is 30.3 Å². The fourth-order valence-electron chi connectivity index (χ4n) is 4.19. The number of rotatable bonds is 5. The summed E-state index contributed by atoms with van der Waals surface area (Å²) in [4.78, 5) is 26.2. The zero-order valence-corrected chi connectivity index (χ0v) is 22.7. The van der Waals surface area contributed by atoms with Gasteiger partial charge in [-0.1, -0.05) is 87.8 Å². The lowest BCUT2D eigenvalue weighted by molar-refractivity contribution is 0.0396. The minimum Gasteiger partial charge on any atom is -0.507 e. The molecular weight excluding hydrogens is 424 g/mol. The third kappa shape index (κ3) is 6.28. The molecule has 0 aliphatic carbocycles. The van der Waals surface area contributed by atoms with Crippen LogP contribution in [0.2, 0.25) is 0 Å². The van der Waals surface area contributed by atoms with Crippen molar-refractivity contribution in [3.8, 4) is 5.75 Å². The second-order valence-corrected chi connectivity index (χ2v) is 12.3. The van der Waals surface area contributed by atoms with Gasteiger partial charge in [-0.3, -0.25) is 0 Å². The highest BCUT2D eigenvalue weighted by molar-refractivity contribution is 6.03. The summed E-state index contributed by atoms with van der Waals surface area (Å²) >= 11 is 0. The Morgan fingerprint density at radius 1 is 0.824 bits per heavy atom. The molecule has 0 heterocycles. The highest BCUT2D eigenvalue weighted by atomic mass is 16.6. The fraction of sp³-hybridized carbons (Fsp3) is 0.533. The number of hydrogen-bond donors (Lipinski definition) is 1. The van der Waals surface area contributed by atoms with Crippen molar-refractivity contribution < 1.29 is 19.4 Å². The molecule has 0 unspecified atom stereocenters. The Labute approximate surface area is 205 Å². The van der Waals surface area contributed by atoms with Gasteiger partial charge in [-0.2, -0.15) is 0 Å². The van der Waals surface area contributed by atoms with Gasteiger partial charge in [0.25, 0.3) is 0 Å². The summed E-state index contributed by atoms with van der Waals surface area (Å²) < 4.78 is 5.38. The van der Waals surface area contributed by atoms with Gasteiger partial charge in [0.05, 0.1) is 11.1 Å². The van der Waals surface area contributed by atoms with Crippen LogP contribution in [-0.4, -0.2) is 17.0 Å². The molecule has 2 rings (SSSR count). The van der Waals surface area contributed by atoms with E-state index in [0.717, 1.165) is 29.5 Å². The predicted octanol–water partition coefficient (Wildman–Crippen LogP) is 7.62. The van der Waals surface area contributed by atoms with E-state index in [4.69, 9.17) is 4.74 Å². The lowest BCUT2D eigenvalue weighted by atomic mass is 9.74. The van der Waals surface area contributed by atoms with Gasteiger partial charge in [0.1, 0.15) is 5.75 Å². The van der Waals surface area contributed by atoms with Gasteiger partial charge in [-0.15, -0.1) is 0 Å². The number of benzene rings is 2. The second kappa shape index (κ2) is 9.93. The van der Waals surface area contributed by atoms with Crippen LogP contribution in [0.5, 0.6) is 5.75 Å². The quantitative estimate of drug-likeness (QED) is 0.363. The smallest absolute Gasteiger partial charge is 0.346 e. The lowest BCUT2D eigenvalue weighted by Crippen LogP contribution is -2.24. The van der Waals surface area contributed by atoms with Crippen LogP contribution >= 0.6 is 0 Å². The molecule has 34 heavy (non-hydrogen) atoms. The first kappa shape index (κ1) is 27.6. The van der Waals surface area contributed by atoms with E-state index in [1.54, 1.807) is 18.2 Å². The Bertz CT molecular complexity index is 1040. The van der Waals surface area contributed by atoms with E-state index in [-0.39, 0.29) is 11.2 Å². The van der Waals surface area contributed by atoms with E-state index in [1.165, 1.54) is 0 Å². The Hall–Kier alpha value is -2.62.